The monoisotopic (exact) mass is 1210 g/mol. The van der Waals surface area contributed by atoms with Gasteiger partial charge < -0.3 is 9.80 Å². The van der Waals surface area contributed by atoms with E-state index in [9.17, 15) is 10.5 Å². The molecular weight excluding hydrogens is 1160 g/mol. The molecule has 4 heteroatoms. The molecule has 0 saturated heterocycles. The molecule has 0 saturated carbocycles. The van der Waals surface area contributed by atoms with Crippen LogP contribution in [0.5, 0.6) is 0 Å². The van der Waals surface area contributed by atoms with Crippen LogP contribution in [0.1, 0.15) is 55.6 Å². The highest BCUT2D eigenvalue weighted by molar-refractivity contribution is 6.07. The predicted octanol–water partition coefficient (Wildman–Crippen LogP) is 23.3. The number of hydrogen-bond acceptors (Lipinski definition) is 4. The number of anilines is 6. The maximum Gasteiger partial charge on any atom is 0.0992 e. The summed E-state index contributed by atoms with van der Waals surface area (Å²) in [5.74, 6) is 0. The van der Waals surface area contributed by atoms with Crippen LogP contribution < -0.4 is 9.80 Å². The molecule has 20 rings (SSSR count). The van der Waals surface area contributed by atoms with E-state index in [1.54, 1.807) is 0 Å². The number of nitrogens with zero attached hydrogens (tertiary/aromatic N) is 4. The molecule has 0 unspecified atom stereocenters. The Balaban J connectivity index is 0.732. The zero-order chi connectivity index (χ0) is 63.4. The number of hydrogen-bond donors (Lipinski definition) is 0. The summed E-state index contributed by atoms with van der Waals surface area (Å²) in [5, 5.41) is 29.6. The van der Waals surface area contributed by atoms with Gasteiger partial charge in [0.2, 0.25) is 0 Å². The van der Waals surface area contributed by atoms with Gasteiger partial charge in [0, 0.05) is 34.1 Å². The Hall–Kier alpha value is -12.9. The third-order valence-electron chi connectivity index (χ3n) is 21.3. The molecule has 442 valence electrons. The van der Waals surface area contributed by atoms with Gasteiger partial charge in [0.15, 0.2) is 0 Å². The average Bonchev–Trinajstić information content (AvgIpc) is 1.51. The normalized spacial score (nSPS) is 13.4. The van der Waals surface area contributed by atoms with Crippen molar-refractivity contribution in [3.8, 4) is 67.8 Å². The van der Waals surface area contributed by atoms with Gasteiger partial charge in [0.1, 0.15) is 0 Å². The topological polar surface area (TPSA) is 54.1 Å². The highest BCUT2D eigenvalue weighted by Crippen LogP contribution is 2.66. The van der Waals surface area contributed by atoms with Gasteiger partial charge >= 0.3 is 0 Å². The molecule has 16 aromatic rings. The maximum absolute atomic E-state index is 10.4. The minimum atomic E-state index is -0.595. The molecule has 0 heterocycles. The van der Waals surface area contributed by atoms with Crippen molar-refractivity contribution in [1.82, 2.24) is 0 Å². The Morgan fingerprint density at radius 2 is 0.542 bits per heavy atom. The summed E-state index contributed by atoms with van der Waals surface area (Å²) in [6.45, 7) is 0. The fourth-order valence-corrected chi connectivity index (χ4v) is 17.3. The summed E-state index contributed by atoms with van der Waals surface area (Å²) in [6.07, 6.45) is 0. The van der Waals surface area contributed by atoms with E-state index in [1.165, 1.54) is 121 Å². The van der Waals surface area contributed by atoms with Gasteiger partial charge in [-0.25, -0.2) is 0 Å². The van der Waals surface area contributed by atoms with Gasteiger partial charge in [-0.1, -0.05) is 182 Å². The molecule has 2 spiro atoms. The Labute approximate surface area is 556 Å². The van der Waals surface area contributed by atoms with E-state index in [4.69, 9.17) is 0 Å². The SMILES string of the molecule is N#Cc1ccc(N(c2ccccc2)c2ccc3cc4c(cc3c2)C2(c3ccccc3-c3ccccc32)c2cc3cc(-c5cccc(N(c6cccc(C#N)c6)c6ccc7cc8c(cc7c6)C6(c7ccccc7-c7ccccc76)c6cc7ccccc7cc6-8)c5)ccc3cc2-4)cc1. The van der Waals surface area contributed by atoms with E-state index in [2.05, 4.69) is 301 Å². The van der Waals surface area contributed by atoms with E-state index in [0.29, 0.717) is 11.1 Å². The number of benzene rings is 16. The summed E-state index contributed by atoms with van der Waals surface area (Å²) in [6, 6.07) is 125. The molecule has 4 aliphatic rings. The van der Waals surface area contributed by atoms with Gasteiger partial charge in [-0.15, -0.1) is 0 Å². The largest absolute Gasteiger partial charge is 0.310 e. The molecule has 0 aliphatic heterocycles. The third-order valence-corrected chi connectivity index (χ3v) is 21.3. The number of nitriles is 2. The quantitative estimate of drug-likeness (QED) is 0.160. The maximum atomic E-state index is 10.4. The fraction of sp³-hybridized carbons (Fsp3) is 0.0217. The average molecular weight is 1220 g/mol. The minimum Gasteiger partial charge on any atom is -0.310 e. The molecule has 0 radical (unpaired) electrons. The van der Waals surface area contributed by atoms with Crippen molar-refractivity contribution in [1.29, 1.82) is 10.5 Å². The number of rotatable bonds is 7. The lowest BCUT2D eigenvalue weighted by Gasteiger charge is -2.31. The van der Waals surface area contributed by atoms with Gasteiger partial charge in [0.25, 0.3) is 0 Å². The summed E-state index contributed by atoms with van der Waals surface area (Å²) < 4.78 is 0. The van der Waals surface area contributed by atoms with E-state index < -0.39 is 10.8 Å². The van der Waals surface area contributed by atoms with Crippen LogP contribution in [0.3, 0.4) is 0 Å². The zero-order valence-electron chi connectivity index (χ0n) is 52.0. The molecule has 96 heavy (non-hydrogen) atoms. The van der Waals surface area contributed by atoms with Crippen LogP contribution in [0.25, 0.3) is 98.7 Å². The lowest BCUT2D eigenvalue weighted by molar-refractivity contribution is 0.796. The predicted molar refractivity (Wildman–Crippen MR) is 393 cm³/mol. The van der Waals surface area contributed by atoms with E-state index in [1.807, 2.05) is 48.5 Å². The molecule has 0 amide bonds. The van der Waals surface area contributed by atoms with E-state index in [0.717, 1.165) is 56.0 Å². The molecule has 0 bridgehead atoms. The first-order valence-corrected chi connectivity index (χ1v) is 32.9. The summed E-state index contributed by atoms with van der Waals surface area (Å²) >= 11 is 0. The molecule has 4 nitrogen and oxygen atoms in total. The molecular formula is C92H54N4. The van der Waals surface area contributed by atoms with Crippen molar-refractivity contribution in [3.05, 3.63) is 383 Å². The highest BCUT2D eigenvalue weighted by Gasteiger charge is 2.53. The van der Waals surface area contributed by atoms with Crippen LogP contribution >= 0.6 is 0 Å². The lowest BCUT2D eigenvalue weighted by atomic mass is 9.70. The lowest BCUT2D eigenvalue weighted by Crippen LogP contribution is -2.25. The molecule has 0 fully saturated rings. The Morgan fingerprint density at radius 3 is 1.04 bits per heavy atom. The van der Waals surface area contributed by atoms with Crippen molar-refractivity contribution in [3.63, 3.8) is 0 Å². The molecule has 4 aliphatic carbocycles. The second-order valence-corrected chi connectivity index (χ2v) is 26.1. The summed E-state index contributed by atoms with van der Waals surface area (Å²) in [7, 11) is 0. The van der Waals surface area contributed by atoms with Crippen molar-refractivity contribution in [2.24, 2.45) is 0 Å². The first-order chi connectivity index (χ1) is 47.4. The number of fused-ring (bicyclic) bond motifs is 24. The first-order valence-electron chi connectivity index (χ1n) is 32.9. The van der Waals surface area contributed by atoms with Crippen molar-refractivity contribution in [2.45, 2.75) is 10.8 Å². The Morgan fingerprint density at radius 1 is 0.198 bits per heavy atom. The number of para-hydroxylation sites is 1. The van der Waals surface area contributed by atoms with Crippen molar-refractivity contribution >= 4 is 77.2 Å². The third kappa shape index (κ3) is 7.53. The smallest absolute Gasteiger partial charge is 0.0992 e. The van der Waals surface area contributed by atoms with Crippen molar-refractivity contribution in [2.75, 3.05) is 9.80 Å². The fourth-order valence-electron chi connectivity index (χ4n) is 17.3. The highest BCUT2D eigenvalue weighted by atomic mass is 15.1. The molecule has 0 N–H and O–H groups in total. The van der Waals surface area contributed by atoms with Gasteiger partial charge in [-0.2, -0.15) is 10.5 Å². The van der Waals surface area contributed by atoms with Gasteiger partial charge in [-0.05, 0) is 289 Å². The second kappa shape index (κ2) is 20.3. The Kier molecular flexibility index (Phi) is 11.4. The van der Waals surface area contributed by atoms with Gasteiger partial charge in [-0.3, -0.25) is 0 Å². The van der Waals surface area contributed by atoms with Crippen LogP contribution in [0, 0.1) is 22.7 Å². The van der Waals surface area contributed by atoms with Crippen LogP contribution in [0.15, 0.2) is 328 Å². The molecule has 16 aromatic carbocycles. The van der Waals surface area contributed by atoms with E-state index >= 15 is 0 Å². The summed E-state index contributed by atoms with van der Waals surface area (Å²) in [5.41, 5.74) is 28.8. The Bertz CT molecular complexity index is 6050. The second-order valence-electron chi connectivity index (χ2n) is 26.1. The molecule has 0 atom stereocenters. The summed E-state index contributed by atoms with van der Waals surface area (Å²) in [4.78, 5) is 4.59. The standard InChI is InChI=1S/C92H54N4/c93-55-57-32-38-70(39-33-57)95(69-20-2-1-3-21-69)73-40-36-64-50-82-80-48-63-35-34-62(43-66(63)52-88(80)92(90(82)53-67(64)45-73)85-30-12-8-26-77(85)78-27-9-13-31-86(78)92)59-19-15-23-72(44-59)96(71-22-14-16-58(42-71)56-94)74-41-37-65-49-81-79-47-60-17-4-5-18-61(60)51-87(79)91(89(81)54-68(65)46-74)83-28-10-6-24-75(83)76-25-7-11-29-84(76)91/h1-54H. The zero-order valence-corrected chi connectivity index (χ0v) is 52.0. The minimum absolute atomic E-state index is 0.515. The van der Waals surface area contributed by atoms with Crippen LogP contribution in [-0.2, 0) is 10.8 Å². The van der Waals surface area contributed by atoms with Crippen LogP contribution in [-0.4, -0.2) is 0 Å². The van der Waals surface area contributed by atoms with Crippen molar-refractivity contribution < 1.29 is 0 Å². The van der Waals surface area contributed by atoms with Gasteiger partial charge in [0.05, 0.1) is 34.1 Å². The van der Waals surface area contributed by atoms with E-state index in [-0.39, 0.29) is 0 Å². The first kappa shape index (κ1) is 53.8. The van der Waals surface area contributed by atoms with Crippen LogP contribution in [0.4, 0.5) is 34.1 Å². The van der Waals surface area contributed by atoms with Crippen LogP contribution in [0.2, 0.25) is 0 Å². The molecule has 0 aromatic heterocycles.